The van der Waals surface area contributed by atoms with Gasteiger partial charge in [0.1, 0.15) is 5.82 Å². The Morgan fingerprint density at radius 1 is 1.65 bits per heavy atom. The van der Waals surface area contributed by atoms with Crippen molar-refractivity contribution >= 4 is 11.5 Å². The van der Waals surface area contributed by atoms with E-state index in [2.05, 4.69) is 21.3 Å². The van der Waals surface area contributed by atoms with E-state index in [1.54, 1.807) is 7.11 Å². The van der Waals surface area contributed by atoms with Gasteiger partial charge in [-0.1, -0.05) is 0 Å². The molecule has 17 heavy (non-hydrogen) atoms. The number of aromatic nitrogens is 1. The fourth-order valence-corrected chi connectivity index (χ4v) is 2.02. The van der Waals surface area contributed by atoms with Crippen molar-refractivity contribution < 1.29 is 4.74 Å². The van der Waals surface area contributed by atoms with E-state index in [1.807, 2.05) is 12.3 Å². The zero-order valence-corrected chi connectivity index (χ0v) is 10.2. The molecule has 0 amide bonds. The normalized spacial score (nSPS) is 19.6. The van der Waals surface area contributed by atoms with Gasteiger partial charge in [0.15, 0.2) is 0 Å². The van der Waals surface area contributed by atoms with Gasteiger partial charge in [-0.05, 0) is 12.5 Å². The van der Waals surface area contributed by atoms with Crippen molar-refractivity contribution in [1.82, 2.24) is 4.98 Å². The van der Waals surface area contributed by atoms with Crippen LogP contribution in [0.15, 0.2) is 18.3 Å². The Balaban J connectivity index is 1.96. The van der Waals surface area contributed by atoms with E-state index < -0.39 is 0 Å². The van der Waals surface area contributed by atoms with E-state index in [-0.39, 0.29) is 0 Å². The summed E-state index contributed by atoms with van der Waals surface area (Å²) in [6.45, 7) is 3.41. The first-order valence-electron chi connectivity index (χ1n) is 5.99. The Labute approximate surface area is 102 Å². The second-order valence-electron chi connectivity index (χ2n) is 4.31. The lowest BCUT2D eigenvalue weighted by atomic mass is 10.3. The molecular formula is C12H20N4O. The molecular weight excluding hydrogens is 216 g/mol. The number of pyridine rings is 1. The van der Waals surface area contributed by atoms with Crippen LogP contribution >= 0.6 is 0 Å². The first kappa shape index (κ1) is 12.1. The average Bonchev–Trinajstić information content (AvgIpc) is 2.77. The first-order valence-corrected chi connectivity index (χ1v) is 5.99. The van der Waals surface area contributed by atoms with Crippen molar-refractivity contribution in [1.29, 1.82) is 0 Å². The van der Waals surface area contributed by atoms with E-state index in [1.165, 1.54) is 5.69 Å². The minimum absolute atomic E-state index is 0.299. The SMILES string of the molecule is COCCNc1cc(N2CC[C@H](N)C2)ccn1. The number of nitrogens with two attached hydrogens (primary N) is 1. The fraction of sp³-hybridized carbons (Fsp3) is 0.583. The Hall–Kier alpha value is -1.33. The van der Waals surface area contributed by atoms with Gasteiger partial charge >= 0.3 is 0 Å². The Morgan fingerprint density at radius 3 is 3.24 bits per heavy atom. The topological polar surface area (TPSA) is 63.4 Å². The minimum Gasteiger partial charge on any atom is -0.383 e. The van der Waals surface area contributed by atoms with Crippen molar-refractivity contribution in [2.75, 3.05) is 43.6 Å². The van der Waals surface area contributed by atoms with Crippen LogP contribution in [0.1, 0.15) is 6.42 Å². The molecule has 1 aliphatic heterocycles. The van der Waals surface area contributed by atoms with Crippen LogP contribution in [-0.2, 0) is 4.74 Å². The van der Waals surface area contributed by atoms with Crippen LogP contribution in [-0.4, -0.2) is 44.4 Å². The highest BCUT2D eigenvalue weighted by molar-refractivity contribution is 5.54. The van der Waals surface area contributed by atoms with Crippen molar-refractivity contribution in [3.63, 3.8) is 0 Å². The van der Waals surface area contributed by atoms with Crippen molar-refractivity contribution in [2.24, 2.45) is 5.73 Å². The van der Waals surface area contributed by atoms with Crippen molar-refractivity contribution in [3.05, 3.63) is 18.3 Å². The van der Waals surface area contributed by atoms with Crippen LogP contribution in [0.4, 0.5) is 11.5 Å². The Kier molecular flexibility index (Phi) is 4.17. The van der Waals surface area contributed by atoms with E-state index in [9.17, 15) is 0 Å². The predicted octanol–water partition coefficient (Wildman–Crippen LogP) is 0.677. The van der Waals surface area contributed by atoms with Crippen LogP contribution in [0.2, 0.25) is 0 Å². The number of ether oxygens (including phenoxy) is 1. The molecule has 1 saturated heterocycles. The molecule has 3 N–H and O–H groups in total. The van der Waals surface area contributed by atoms with Gasteiger partial charge < -0.3 is 20.7 Å². The molecule has 0 saturated carbocycles. The summed E-state index contributed by atoms with van der Waals surface area (Å²) in [7, 11) is 1.69. The molecule has 0 aliphatic carbocycles. The Morgan fingerprint density at radius 2 is 2.53 bits per heavy atom. The lowest BCUT2D eigenvalue weighted by molar-refractivity contribution is 0.210. The summed E-state index contributed by atoms with van der Waals surface area (Å²) in [6, 6.07) is 4.39. The number of nitrogens with zero attached hydrogens (tertiary/aromatic N) is 2. The molecule has 0 bridgehead atoms. The highest BCUT2D eigenvalue weighted by Gasteiger charge is 2.19. The van der Waals surface area contributed by atoms with Crippen LogP contribution in [0.3, 0.4) is 0 Å². The number of methoxy groups -OCH3 is 1. The van der Waals surface area contributed by atoms with E-state index >= 15 is 0 Å². The van der Waals surface area contributed by atoms with Crippen LogP contribution in [0.25, 0.3) is 0 Å². The molecule has 1 aromatic rings. The summed E-state index contributed by atoms with van der Waals surface area (Å²) in [5, 5.41) is 3.23. The summed E-state index contributed by atoms with van der Waals surface area (Å²) >= 11 is 0. The second-order valence-corrected chi connectivity index (χ2v) is 4.31. The number of hydrogen-bond donors (Lipinski definition) is 2. The average molecular weight is 236 g/mol. The van der Waals surface area contributed by atoms with Gasteiger partial charge in [0.25, 0.3) is 0 Å². The number of anilines is 2. The van der Waals surface area contributed by atoms with Gasteiger partial charge in [0.2, 0.25) is 0 Å². The third-order valence-corrected chi connectivity index (χ3v) is 2.95. The summed E-state index contributed by atoms with van der Waals surface area (Å²) < 4.78 is 4.99. The van der Waals surface area contributed by atoms with E-state index in [0.717, 1.165) is 31.9 Å². The molecule has 1 fully saturated rings. The highest BCUT2D eigenvalue weighted by atomic mass is 16.5. The summed E-state index contributed by atoms with van der Waals surface area (Å²) in [4.78, 5) is 6.58. The summed E-state index contributed by atoms with van der Waals surface area (Å²) in [5.41, 5.74) is 7.10. The van der Waals surface area contributed by atoms with E-state index in [0.29, 0.717) is 12.6 Å². The molecule has 1 atom stereocenters. The maximum atomic E-state index is 5.91. The number of hydrogen-bond acceptors (Lipinski definition) is 5. The molecule has 0 radical (unpaired) electrons. The quantitative estimate of drug-likeness (QED) is 0.736. The van der Waals surface area contributed by atoms with Crippen molar-refractivity contribution in [2.45, 2.75) is 12.5 Å². The molecule has 1 aliphatic rings. The lowest BCUT2D eigenvalue weighted by Gasteiger charge is -2.18. The molecule has 2 heterocycles. The van der Waals surface area contributed by atoms with Crippen LogP contribution in [0, 0.1) is 0 Å². The second kappa shape index (κ2) is 5.84. The number of nitrogens with one attached hydrogen (secondary N) is 1. The van der Waals surface area contributed by atoms with E-state index in [4.69, 9.17) is 10.5 Å². The predicted molar refractivity (Wildman–Crippen MR) is 69.4 cm³/mol. The maximum absolute atomic E-state index is 5.91. The van der Waals surface area contributed by atoms with Crippen LogP contribution in [0.5, 0.6) is 0 Å². The number of rotatable bonds is 5. The van der Waals surface area contributed by atoms with Gasteiger partial charge in [-0.3, -0.25) is 0 Å². The molecule has 1 aromatic heterocycles. The standard InChI is InChI=1S/C12H20N4O/c1-17-7-5-15-12-8-11(2-4-14-12)16-6-3-10(13)9-16/h2,4,8,10H,3,5-7,9,13H2,1H3,(H,14,15)/t10-/m0/s1. The lowest BCUT2D eigenvalue weighted by Crippen LogP contribution is -2.26. The Bertz CT molecular complexity index is 358. The third kappa shape index (κ3) is 3.31. The molecule has 5 nitrogen and oxygen atoms in total. The summed E-state index contributed by atoms with van der Waals surface area (Å²) in [5.74, 6) is 0.889. The highest BCUT2D eigenvalue weighted by Crippen LogP contribution is 2.21. The van der Waals surface area contributed by atoms with Gasteiger partial charge in [-0.15, -0.1) is 0 Å². The van der Waals surface area contributed by atoms with Crippen molar-refractivity contribution in [3.8, 4) is 0 Å². The zero-order chi connectivity index (χ0) is 12.1. The van der Waals surface area contributed by atoms with Crippen LogP contribution < -0.4 is 16.0 Å². The maximum Gasteiger partial charge on any atom is 0.128 e. The molecule has 94 valence electrons. The first-order chi connectivity index (χ1) is 8.29. The monoisotopic (exact) mass is 236 g/mol. The van der Waals surface area contributed by atoms with Gasteiger partial charge in [0.05, 0.1) is 6.61 Å². The molecule has 2 rings (SSSR count). The zero-order valence-electron chi connectivity index (χ0n) is 10.2. The molecule has 0 unspecified atom stereocenters. The molecule has 5 heteroatoms. The summed E-state index contributed by atoms with van der Waals surface area (Å²) in [6.07, 6.45) is 2.89. The van der Waals surface area contributed by atoms with Gasteiger partial charge in [-0.2, -0.15) is 0 Å². The van der Waals surface area contributed by atoms with Gasteiger partial charge in [-0.25, -0.2) is 4.98 Å². The third-order valence-electron chi connectivity index (χ3n) is 2.95. The largest absolute Gasteiger partial charge is 0.383 e. The fourth-order valence-electron chi connectivity index (χ4n) is 2.02. The van der Waals surface area contributed by atoms with Gasteiger partial charge in [0, 0.05) is 50.7 Å². The minimum atomic E-state index is 0.299. The molecule has 0 aromatic carbocycles. The smallest absolute Gasteiger partial charge is 0.128 e. The molecule has 0 spiro atoms.